The summed E-state index contributed by atoms with van der Waals surface area (Å²) in [6.07, 6.45) is 1.17. The first-order valence-electron chi connectivity index (χ1n) is 7.27. The molecule has 0 bridgehead atoms. The van der Waals surface area contributed by atoms with Gasteiger partial charge >= 0.3 is 0 Å². The molecule has 0 saturated carbocycles. The first kappa shape index (κ1) is 16.0. The van der Waals surface area contributed by atoms with Crippen molar-refractivity contribution in [1.29, 1.82) is 0 Å². The molecule has 0 fully saturated rings. The molecule has 1 aromatic carbocycles. The SMILES string of the molecule is CCC(C)(CNC(C)(C)C)CN(C)c1ccccc1. The molecule has 0 aromatic heterocycles. The van der Waals surface area contributed by atoms with Crippen molar-refractivity contribution in [3.8, 4) is 0 Å². The zero-order chi connectivity index (χ0) is 14.5. The largest absolute Gasteiger partial charge is 0.374 e. The van der Waals surface area contributed by atoms with Crippen molar-refractivity contribution in [3.63, 3.8) is 0 Å². The Morgan fingerprint density at radius 3 is 2.11 bits per heavy atom. The molecule has 0 saturated heterocycles. The monoisotopic (exact) mass is 262 g/mol. The summed E-state index contributed by atoms with van der Waals surface area (Å²) < 4.78 is 0. The van der Waals surface area contributed by atoms with Crippen LogP contribution in [0.1, 0.15) is 41.0 Å². The molecule has 0 spiro atoms. The van der Waals surface area contributed by atoms with Crippen LogP contribution in [0, 0.1) is 5.41 Å². The minimum Gasteiger partial charge on any atom is -0.374 e. The molecule has 0 aliphatic heterocycles. The summed E-state index contributed by atoms with van der Waals surface area (Å²) in [5, 5.41) is 3.64. The fourth-order valence-electron chi connectivity index (χ4n) is 2.12. The van der Waals surface area contributed by atoms with Gasteiger partial charge in [0.15, 0.2) is 0 Å². The van der Waals surface area contributed by atoms with E-state index >= 15 is 0 Å². The van der Waals surface area contributed by atoms with Crippen LogP contribution in [-0.2, 0) is 0 Å². The maximum atomic E-state index is 3.64. The molecule has 0 aliphatic carbocycles. The zero-order valence-corrected chi connectivity index (χ0v) is 13.5. The predicted octanol–water partition coefficient (Wildman–Crippen LogP) is 3.93. The quantitative estimate of drug-likeness (QED) is 0.835. The van der Waals surface area contributed by atoms with Crippen LogP contribution in [0.3, 0.4) is 0 Å². The third-order valence-corrected chi connectivity index (χ3v) is 3.71. The van der Waals surface area contributed by atoms with Crippen molar-refractivity contribution >= 4 is 5.69 Å². The van der Waals surface area contributed by atoms with Crippen LogP contribution in [0.15, 0.2) is 30.3 Å². The van der Waals surface area contributed by atoms with Gasteiger partial charge < -0.3 is 10.2 Å². The highest BCUT2D eigenvalue weighted by atomic mass is 15.1. The summed E-state index contributed by atoms with van der Waals surface area (Å²) >= 11 is 0. The summed E-state index contributed by atoms with van der Waals surface area (Å²) in [6, 6.07) is 10.6. The molecule has 1 rings (SSSR count). The number of para-hydroxylation sites is 1. The molecule has 1 unspecified atom stereocenters. The van der Waals surface area contributed by atoms with Gasteiger partial charge in [0, 0.05) is 31.4 Å². The van der Waals surface area contributed by atoms with Gasteiger partial charge in [0.25, 0.3) is 0 Å². The maximum Gasteiger partial charge on any atom is 0.0363 e. The molecule has 0 radical (unpaired) electrons. The molecule has 0 heterocycles. The lowest BCUT2D eigenvalue weighted by Gasteiger charge is -2.36. The van der Waals surface area contributed by atoms with Crippen molar-refractivity contribution in [2.75, 3.05) is 25.0 Å². The van der Waals surface area contributed by atoms with Gasteiger partial charge in [0.2, 0.25) is 0 Å². The van der Waals surface area contributed by atoms with Gasteiger partial charge in [0.05, 0.1) is 0 Å². The van der Waals surface area contributed by atoms with E-state index in [1.807, 2.05) is 0 Å². The Kier molecular flexibility index (Phi) is 5.42. The molecule has 108 valence electrons. The Morgan fingerprint density at radius 2 is 1.63 bits per heavy atom. The third kappa shape index (κ3) is 5.65. The smallest absolute Gasteiger partial charge is 0.0363 e. The van der Waals surface area contributed by atoms with Crippen LogP contribution >= 0.6 is 0 Å². The van der Waals surface area contributed by atoms with Gasteiger partial charge in [-0.05, 0) is 44.7 Å². The van der Waals surface area contributed by atoms with Gasteiger partial charge in [-0.3, -0.25) is 0 Å². The second-order valence-electron chi connectivity index (χ2n) is 6.96. The Morgan fingerprint density at radius 1 is 1.05 bits per heavy atom. The van der Waals surface area contributed by atoms with E-state index in [0.717, 1.165) is 13.1 Å². The Balaban J connectivity index is 2.65. The van der Waals surface area contributed by atoms with Crippen LogP contribution < -0.4 is 10.2 Å². The van der Waals surface area contributed by atoms with Gasteiger partial charge in [-0.2, -0.15) is 0 Å². The molecule has 1 N–H and O–H groups in total. The number of nitrogens with one attached hydrogen (secondary N) is 1. The highest BCUT2D eigenvalue weighted by Crippen LogP contribution is 2.25. The molecule has 0 aliphatic rings. The van der Waals surface area contributed by atoms with Crippen molar-refractivity contribution in [2.24, 2.45) is 5.41 Å². The Labute approximate surface area is 119 Å². The van der Waals surface area contributed by atoms with E-state index < -0.39 is 0 Å². The fraction of sp³-hybridized carbons (Fsp3) is 0.647. The van der Waals surface area contributed by atoms with Crippen LogP contribution in [0.4, 0.5) is 5.69 Å². The Bertz CT molecular complexity index is 367. The number of hydrogen-bond acceptors (Lipinski definition) is 2. The molecule has 2 nitrogen and oxygen atoms in total. The third-order valence-electron chi connectivity index (χ3n) is 3.71. The average molecular weight is 262 g/mol. The molecular weight excluding hydrogens is 232 g/mol. The number of benzene rings is 1. The summed E-state index contributed by atoms with van der Waals surface area (Å²) in [7, 11) is 2.18. The zero-order valence-electron chi connectivity index (χ0n) is 13.5. The molecule has 2 heteroatoms. The van der Waals surface area contributed by atoms with Crippen LogP contribution in [-0.4, -0.2) is 25.7 Å². The minimum atomic E-state index is 0.182. The fourth-order valence-corrected chi connectivity index (χ4v) is 2.12. The van der Waals surface area contributed by atoms with E-state index in [0.29, 0.717) is 0 Å². The topological polar surface area (TPSA) is 15.3 Å². The van der Waals surface area contributed by atoms with E-state index in [4.69, 9.17) is 0 Å². The van der Waals surface area contributed by atoms with Crippen molar-refractivity contribution in [1.82, 2.24) is 5.32 Å². The number of anilines is 1. The summed E-state index contributed by atoms with van der Waals surface area (Å²) in [5.74, 6) is 0. The maximum absolute atomic E-state index is 3.64. The van der Waals surface area contributed by atoms with E-state index in [2.05, 4.69) is 82.2 Å². The van der Waals surface area contributed by atoms with E-state index in [9.17, 15) is 0 Å². The predicted molar refractivity (Wildman–Crippen MR) is 85.9 cm³/mol. The number of hydrogen-bond donors (Lipinski definition) is 1. The second-order valence-corrected chi connectivity index (χ2v) is 6.96. The molecule has 1 aromatic rings. The highest BCUT2D eigenvalue weighted by molar-refractivity contribution is 5.45. The average Bonchev–Trinajstić information content (AvgIpc) is 2.37. The van der Waals surface area contributed by atoms with Gasteiger partial charge in [-0.25, -0.2) is 0 Å². The molecular formula is C17H30N2. The van der Waals surface area contributed by atoms with Crippen molar-refractivity contribution in [2.45, 2.75) is 46.6 Å². The lowest BCUT2D eigenvalue weighted by Crippen LogP contribution is -2.46. The Hall–Kier alpha value is -1.02. The molecule has 0 amide bonds. The second kappa shape index (κ2) is 6.42. The van der Waals surface area contributed by atoms with Crippen LogP contribution in [0.25, 0.3) is 0 Å². The van der Waals surface area contributed by atoms with Crippen molar-refractivity contribution in [3.05, 3.63) is 30.3 Å². The number of nitrogens with zero attached hydrogens (tertiary/aromatic N) is 1. The lowest BCUT2D eigenvalue weighted by molar-refractivity contribution is 0.262. The first-order chi connectivity index (χ1) is 8.76. The van der Waals surface area contributed by atoms with E-state index in [-0.39, 0.29) is 11.0 Å². The number of rotatable bonds is 6. The summed E-state index contributed by atoms with van der Waals surface area (Å²) in [5.41, 5.74) is 1.76. The normalized spacial score (nSPS) is 15.1. The van der Waals surface area contributed by atoms with Gasteiger partial charge in [-0.1, -0.05) is 32.0 Å². The van der Waals surface area contributed by atoms with Crippen molar-refractivity contribution < 1.29 is 0 Å². The van der Waals surface area contributed by atoms with Gasteiger partial charge in [-0.15, -0.1) is 0 Å². The standard InChI is InChI=1S/C17H30N2/c1-7-17(5,13-18-16(2,3)4)14-19(6)15-11-9-8-10-12-15/h8-12,18H,7,13-14H2,1-6H3. The van der Waals surface area contributed by atoms with Crippen LogP contribution in [0.2, 0.25) is 0 Å². The van der Waals surface area contributed by atoms with Gasteiger partial charge in [0.1, 0.15) is 0 Å². The van der Waals surface area contributed by atoms with E-state index in [1.54, 1.807) is 0 Å². The minimum absolute atomic E-state index is 0.182. The molecule has 1 atom stereocenters. The summed E-state index contributed by atoms with van der Waals surface area (Å²) in [6.45, 7) is 13.4. The molecule has 19 heavy (non-hydrogen) atoms. The highest BCUT2D eigenvalue weighted by Gasteiger charge is 2.26. The first-order valence-corrected chi connectivity index (χ1v) is 7.27. The van der Waals surface area contributed by atoms with E-state index in [1.165, 1.54) is 12.1 Å². The lowest BCUT2D eigenvalue weighted by atomic mass is 9.86. The summed E-state index contributed by atoms with van der Waals surface area (Å²) in [4.78, 5) is 2.36. The van der Waals surface area contributed by atoms with Crippen LogP contribution in [0.5, 0.6) is 0 Å².